The molecule has 194 valence electrons. The second kappa shape index (κ2) is 12.7. The van der Waals surface area contributed by atoms with Crippen LogP contribution < -0.4 is 4.74 Å². The zero-order chi connectivity index (χ0) is 26.2. The minimum absolute atomic E-state index is 0.0719. The number of allylic oxidation sites excluding steroid dienone is 1. The maximum atomic E-state index is 10.9. The van der Waals surface area contributed by atoms with Crippen molar-refractivity contribution in [1.82, 2.24) is 0 Å². The Morgan fingerprint density at radius 2 is 1.46 bits per heavy atom. The Morgan fingerprint density at radius 1 is 0.886 bits per heavy atom. The van der Waals surface area contributed by atoms with Crippen molar-refractivity contribution in [2.45, 2.75) is 97.7 Å². The van der Waals surface area contributed by atoms with Crippen LogP contribution in [-0.4, -0.2) is 40.2 Å². The van der Waals surface area contributed by atoms with Crippen LogP contribution in [0.5, 0.6) is 5.75 Å². The van der Waals surface area contributed by atoms with Crippen LogP contribution in [-0.2, 0) is 5.41 Å². The van der Waals surface area contributed by atoms with Gasteiger partial charge in [-0.15, -0.1) is 0 Å². The minimum Gasteiger partial charge on any atom is -0.491 e. The van der Waals surface area contributed by atoms with Crippen molar-refractivity contribution >= 4 is 5.57 Å². The molecule has 0 aliphatic heterocycles. The van der Waals surface area contributed by atoms with Crippen LogP contribution in [0.3, 0.4) is 0 Å². The lowest BCUT2D eigenvalue weighted by molar-refractivity contribution is 0.0534. The van der Waals surface area contributed by atoms with Crippen molar-refractivity contribution in [3.8, 4) is 5.75 Å². The van der Waals surface area contributed by atoms with Gasteiger partial charge in [-0.25, -0.2) is 0 Å². The van der Waals surface area contributed by atoms with E-state index in [9.17, 15) is 10.2 Å². The molecule has 0 bridgehead atoms. The molecule has 0 saturated carbocycles. The fourth-order valence-corrected chi connectivity index (χ4v) is 5.05. The lowest BCUT2D eigenvalue weighted by Crippen LogP contribution is -2.27. The molecular formula is C31H46O4. The first-order valence-electron chi connectivity index (χ1n) is 13.2. The van der Waals surface area contributed by atoms with Crippen LogP contribution >= 0.6 is 0 Å². The minimum atomic E-state index is -0.881. The summed E-state index contributed by atoms with van der Waals surface area (Å²) in [4.78, 5) is 0. The molecule has 0 unspecified atom stereocenters. The van der Waals surface area contributed by atoms with Crippen molar-refractivity contribution in [2.24, 2.45) is 0 Å². The lowest BCUT2D eigenvalue weighted by Gasteiger charge is -2.34. The smallest absolute Gasteiger partial charge is 0.122 e. The third kappa shape index (κ3) is 6.55. The molecule has 2 rings (SSSR count). The second-order valence-electron chi connectivity index (χ2n) is 9.78. The van der Waals surface area contributed by atoms with Crippen molar-refractivity contribution in [3.05, 3.63) is 70.3 Å². The van der Waals surface area contributed by atoms with Crippen LogP contribution in [0.4, 0.5) is 0 Å². The predicted molar refractivity (Wildman–Crippen MR) is 146 cm³/mol. The highest BCUT2D eigenvalue weighted by atomic mass is 16.5. The van der Waals surface area contributed by atoms with Gasteiger partial charge in [0.1, 0.15) is 18.5 Å². The van der Waals surface area contributed by atoms with E-state index in [4.69, 9.17) is 9.84 Å². The van der Waals surface area contributed by atoms with E-state index in [0.717, 1.165) is 30.6 Å². The quantitative estimate of drug-likeness (QED) is 0.305. The molecule has 0 aliphatic carbocycles. The highest BCUT2D eigenvalue weighted by Crippen LogP contribution is 2.41. The van der Waals surface area contributed by atoms with Gasteiger partial charge >= 0.3 is 0 Å². The largest absolute Gasteiger partial charge is 0.491 e. The standard InChI is InChI=1S/C31H46O4/c1-8-24(19-30(34,9-2)10-3)28-15-13-25(17-22(28)6)31(11-4,12-5)26-14-16-29(23(7)18-26)35-21-27(33)20-32/h13-19,27,32-34H,8-12,20-21H2,1-7H3/b24-19+/t27-/m0/s1. The highest BCUT2D eigenvalue weighted by Gasteiger charge is 2.32. The molecule has 2 aromatic carbocycles. The van der Waals surface area contributed by atoms with E-state index in [1.54, 1.807) is 0 Å². The Balaban J connectivity index is 2.49. The first-order chi connectivity index (χ1) is 16.6. The topological polar surface area (TPSA) is 69.9 Å². The number of aliphatic hydroxyl groups excluding tert-OH is 2. The molecule has 0 spiro atoms. The molecule has 0 radical (unpaired) electrons. The number of hydrogen-bond acceptors (Lipinski definition) is 4. The fraction of sp³-hybridized carbons (Fsp3) is 0.548. The van der Waals surface area contributed by atoms with E-state index in [2.05, 4.69) is 64.1 Å². The summed E-state index contributed by atoms with van der Waals surface area (Å²) >= 11 is 0. The monoisotopic (exact) mass is 482 g/mol. The molecule has 0 amide bonds. The van der Waals surface area contributed by atoms with Gasteiger partial charge in [-0.05, 0) is 91.5 Å². The zero-order valence-corrected chi connectivity index (χ0v) is 22.8. The third-order valence-corrected chi connectivity index (χ3v) is 7.75. The van der Waals surface area contributed by atoms with E-state index < -0.39 is 11.7 Å². The predicted octanol–water partition coefficient (Wildman–Crippen LogP) is 6.49. The van der Waals surface area contributed by atoms with E-state index in [-0.39, 0.29) is 18.6 Å². The normalized spacial score (nSPS) is 13.7. The maximum Gasteiger partial charge on any atom is 0.122 e. The second-order valence-corrected chi connectivity index (χ2v) is 9.78. The van der Waals surface area contributed by atoms with Crippen LogP contribution in [0, 0.1) is 13.8 Å². The Hall–Kier alpha value is -2.14. The number of aliphatic hydroxyl groups is 3. The van der Waals surface area contributed by atoms with Crippen LogP contribution in [0.15, 0.2) is 42.5 Å². The fourth-order valence-electron chi connectivity index (χ4n) is 5.05. The molecular weight excluding hydrogens is 436 g/mol. The van der Waals surface area contributed by atoms with Crippen molar-refractivity contribution in [3.63, 3.8) is 0 Å². The molecule has 4 nitrogen and oxygen atoms in total. The van der Waals surface area contributed by atoms with Crippen LogP contribution in [0.1, 0.15) is 94.5 Å². The van der Waals surface area contributed by atoms with Gasteiger partial charge in [0.2, 0.25) is 0 Å². The molecule has 0 fully saturated rings. The molecule has 3 N–H and O–H groups in total. The van der Waals surface area contributed by atoms with Crippen LogP contribution in [0.2, 0.25) is 0 Å². The van der Waals surface area contributed by atoms with Gasteiger partial charge < -0.3 is 20.1 Å². The Labute approximate surface area is 212 Å². The molecule has 0 aromatic heterocycles. The summed E-state index contributed by atoms with van der Waals surface area (Å²) < 4.78 is 5.73. The number of benzene rings is 2. The summed E-state index contributed by atoms with van der Waals surface area (Å²) in [7, 11) is 0. The van der Waals surface area contributed by atoms with Crippen molar-refractivity contribution < 1.29 is 20.1 Å². The Bertz CT molecular complexity index is 983. The molecule has 4 heteroatoms. The first kappa shape index (κ1) is 29.1. The highest BCUT2D eigenvalue weighted by molar-refractivity contribution is 5.69. The molecule has 0 saturated heterocycles. The van der Waals surface area contributed by atoms with Gasteiger partial charge in [0.15, 0.2) is 0 Å². The van der Waals surface area contributed by atoms with Gasteiger partial charge in [-0.2, -0.15) is 0 Å². The van der Waals surface area contributed by atoms with Crippen molar-refractivity contribution in [1.29, 1.82) is 0 Å². The number of aryl methyl sites for hydroxylation is 2. The first-order valence-corrected chi connectivity index (χ1v) is 13.2. The molecule has 2 aromatic rings. The van der Waals surface area contributed by atoms with Crippen LogP contribution in [0.25, 0.3) is 5.57 Å². The Kier molecular flexibility index (Phi) is 10.6. The summed E-state index contributed by atoms with van der Waals surface area (Å²) in [6, 6.07) is 13.1. The summed E-state index contributed by atoms with van der Waals surface area (Å²) in [5, 5.41) is 29.6. The number of ether oxygens (including phenoxy) is 1. The summed E-state index contributed by atoms with van der Waals surface area (Å²) in [5.41, 5.74) is 6.31. The van der Waals surface area contributed by atoms with Gasteiger partial charge in [0.05, 0.1) is 12.2 Å². The van der Waals surface area contributed by atoms with E-state index >= 15 is 0 Å². The molecule has 0 heterocycles. The SMILES string of the molecule is CC/C(=C\C(O)(CC)CC)c1ccc(C(CC)(CC)c2ccc(OC[C@@H](O)CO)c(C)c2)cc1C. The lowest BCUT2D eigenvalue weighted by atomic mass is 9.69. The van der Waals surface area contributed by atoms with E-state index in [1.165, 1.54) is 27.8 Å². The van der Waals surface area contributed by atoms with Crippen molar-refractivity contribution in [2.75, 3.05) is 13.2 Å². The third-order valence-electron chi connectivity index (χ3n) is 7.75. The number of hydrogen-bond donors (Lipinski definition) is 3. The summed E-state index contributed by atoms with van der Waals surface area (Å²) in [5.74, 6) is 0.728. The van der Waals surface area contributed by atoms with Gasteiger partial charge in [0.25, 0.3) is 0 Å². The summed E-state index contributed by atoms with van der Waals surface area (Å²) in [6.07, 6.45) is 5.40. The van der Waals surface area contributed by atoms with E-state index in [1.807, 2.05) is 26.8 Å². The van der Waals surface area contributed by atoms with Gasteiger partial charge in [0, 0.05) is 5.41 Å². The summed E-state index contributed by atoms with van der Waals surface area (Å²) in [6.45, 7) is 14.7. The molecule has 35 heavy (non-hydrogen) atoms. The maximum absolute atomic E-state index is 10.9. The zero-order valence-electron chi connectivity index (χ0n) is 22.8. The van der Waals surface area contributed by atoms with Gasteiger partial charge in [-0.3, -0.25) is 0 Å². The molecule has 0 aliphatic rings. The average molecular weight is 483 g/mol. The Morgan fingerprint density at radius 3 is 1.91 bits per heavy atom. The van der Waals surface area contributed by atoms with E-state index in [0.29, 0.717) is 12.8 Å². The average Bonchev–Trinajstić information content (AvgIpc) is 2.87. The number of rotatable bonds is 13. The van der Waals surface area contributed by atoms with Gasteiger partial charge in [-0.1, -0.05) is 65.0 Å². The molecule has 1 atom stereocenters.